The molecule has 0 saturated carbocycles. The summed E-state index contributed by atoms with van der Waals surface area (Å²) in [5.41, 5.74) is 7.55. The van der Waals surface area contributed by atoms with Gasteiger partial charge >= 0.3 is 0 Å². The SMILES string of the molecule is COCC1(C(N)=O)CCCN1C(=O)/C=C(\C)c1ccccc1C. The van der Waals surface area contributed by atoms with Crippen molar-refractivity contribution in [1.29, 1.82) is 0 Å². The highest BCUT2D eigenvalue weighted by atomic mass is 16.5. The Hall–Kier alpha value is -2.14. The Labute approximate surface area is 137 Å². The molecule has 1 aromatic carbocycles. The van der Waals surface area contributed by atoms with Gasteiger partial charge < -0.3 is 15.4 Å². The number of rotatable bonds is 5. The molecule has 1 unspecified atom stereocenters. The number of allylic oxidation sites excluding steroid dienone is 1. The molecule has 1 saturated heterocycles. The lowest BCUT2D eigenvalue weighted by molar-refractivity contribution is -0.143. The van der Waals surface area contributed by atoms with Crippen LogP contribution in [-0.4, -0.2) is 42.5 Å². The van der Waals surface area contributed by atoms with Crippen LogP contribution in [0.5, 0.6) is 0 Å². The maximum Gasteiger partial charge on any atom is 0.247 e. The van der Waals surface area contributed by atoms with E-state index in [1.807, 2.05) is 38.1 Å². The van der Waals surface area contributed by atoms with E-state index in [0.717, 1.165) is 23.1 Å². The van der Waals surface area contributed by atoms with Gasteiger partial charge in [-0.2, -0.15) is 0 Å². The number of hydrogen-bond acceptors (Lipinski definition) is 3. The Morgan fingerprint density at radius 2 is 2.09 bits per heavy atom. The van der Waals surface area contributed by atoms with Gasteiger partial charge in [-0.15, -0.1) is 0 Å². The van der Waals surface area contributed by atoms with Crippen molar-refractivity contribution in [2.24, 2.45) is 5.73 Å². The number of hydrogen-bond donors (Lipinski definition) is 1. The van der Waals surface area contributed by atoms with Gasteiger partial charge in [0.05, 0.1) is 6.61 Å². The second-order valence-electron chi connectivity index (χ2n) is 6.06. The van der Waals surface area contributed by atoms with Crippen LogP contribution in [0.1, 0.15) is 30.9 Å². The van der Waals surface area contributed by atoms with Crippen molar-refractivity contribution < 1.29 is 14.3 Å². The third-order valence-electron chi connectivity index (χ3n) is 4.51. The number of aryl methyl sites for hydroxylation is 1. The monoisotopic (exact) mass is 316 g/mol. The highest BCUT2D eigenvalue weighted by molar-refractivity contribution is 5.99. The molecule has 1 fully saturated rings. The minimum absolute atomic E-state index is 0.130. The third-order valence-corrected chi connectivity index (χ3v) is 4.51. The molecule has 1 aliphatic rings. The smallest absolute Gasteiger partial charge is 0.247 e. The molecule has 0 bridgehead atoms. The summed E-state index contributed by atoms with van der Waals surface area (Å²) < 4.78 is 5.16. The van der Waals surface area contributed by atoms with Gasteiger partial charge in [0.2, 0.25) is 11.8 Å². The average Bonchev–Trinajstić information content (AvgIpc) is 2.93. The van der Waals surface area contributed by atoms with Crippen molar-refractivity contribution in [2.45, 2.75) is 32.2 Å². The van der Waals surface area contributed by atoms with Gasteiger partial charge in [0.15, 0.2) is 0 Å². The molecule has 0 radical (unpaired) electrons. The zero-order valence-electron chi connectivity index (χ0n) is 14.0. The molecule has 0 spiro atoms. The van der Waals surface area contributed by atoms with E-state index in [1.54, 1.807) is 11.0 Å². The van der Waals surface area contributed by atoms with Crippen molar-refractivity contribution in [3.8, 4) is 0 Å². The summed E-state index contributed by atoms with van der Waals surface area (Å²) in [4.78, 5) is 26.2. The van der Waals surface area contributed by atoms with E-state index in [0.29, 0.717) is 13.0 Å². The minimum Gasteiger partial charge on any atom is -0.382 e. The Balaban J connectivity index is 2.30. The van der Waals surface area contributed by atoms with Gasteiger partial charge in [-0.3, -0.25) is 9.59 Å². The fourth-order valence-electron chi connectivity index (χ4n) is 3.27. The molecule has 1 atom stereocenters. The number of primary amides is 1. The van der Waals surface area contributed by atoms with Crippen LogP contribution in [0.4, 0.5) is 0 Å². The van der Waals surface area contributed by atoms with E-state index in [-0.39, 0.29) is 12.5 Å². The second-order valence-corrected chi connectivity index (χ2v) is 6.06. The van der Waals surface area contributed by atoms with E-state index in [4.69, 9.17) is 10.5 Å². The number of amides is 2. The van der Waals surface area contributed by atoms with E-state index in [2.05, 4.69) is 0 Å². The van der Waals surface area contributed by atoms with Crippen molar-refractivity contribution in [2.75, 3.05) is 20.3 Å². The molecule has 1 heterocycles. The van der Waals surface area contributed by atoms with E-state index in [1.165, 1.54) is 7.11 Å². The third kappa shape index (κ3) is 3.29. The standard InChI is InChI=1S/C18H24N2O3/c1-13-7-4-5-8-15(13)14(2)11-16(21)20-10-6-9-18(20,12-23-3)17(19)22/h4-5,7-8,11H,6,9-10,12H2,1-3H3,(H2,19,22)/b14-11+. The highest BCUT2D eigenvalue weighted by Gasteiger charge is 2.48. The molecule has 2 N–H and O–H groups in total. The minimum atomic E-state index is -1.03. The quantitative estimate of drug-likeness (QED) is 0.843. The Morgan fingerprint density at radius 1 is 1.39 bits per heavy atom. The number of carbonyl (C=O) groups is 2. The molecule has 2 rings (SSSR count). The predicted octanol–water partition coefficient (Wildman–Crippen LogP) is 1.89. The first-order valence-electron chi connectivity index (χ1n) is 7.77. The molecule has 5 heteroatoms. The molecule has 1 aliphatic heterocycles. The van der Waals surface area contributed by atoms with E-state index >= 15 is 0 Å². The Bertz CT molecular complexity index is 639. The molecule has 1 aromatic rings. The Morgan fingerprint density at radius 3 is 2.70 bits per heavy atom. The summed E-state index contributed by atoms with van der Waals surface area (Å²) >= 11 is 0. The molecular weight excluding hydrogens is 292 g/mol. The fourth-order valence-corrected chi connectivity index (χ4v) is 3.27. The lowest BCUT2D eigenvalue weighted by atomic mass is 9.95. The normalized spacial score (nSPS) is 21.5. The number of nitrogens with two attached hydrogens (primary N) is 1. The fraction of sp³-hybridized carbons (Fsp3) is 0.444. The van der Waals surface area contributed by atoms with Gasteiger partial charge in [-0.1, -0.05) is 24.3 Å². The maximum atomic E-state index is 12.7. The second kappa shape index (κ2) is 6.96. The number of carbonyl (C=O) groups excluding carboxylic acids is 2. The van der Waals surface area contributed by atoms with Crippen LogP contribution in [0.2, 0.25) is 0 Å². The van der Waals surface area contributed by atoms with Crippen molar-refractivity contribution in [1.82, 2.24) is 4.90 Å². The number of methoxy groups -OCH3 is 1. The van der Waals surface area contributed by atoms with E-state index in [9.17, 15) is 9.59 Å². The van der Waals surface area contributed by atoms with Crippen molar-refractivity contribution in [3.63, 3.8) is 0 Å². The number of ether oxygens (including phenoxy) is 1. The van der Waals surface area contributed by atoms with Crippen LogP contribution >= 0.6 is 0 Å². The first kappa shape index (κ1) is 17.2. The number of likely N-dealkylation sites (tertiary alicyclic amines) is 1. The maximum absolute atomic E-state index is 12.7. The van der Waals surface area contributed by atoms with Crippen LogP contribution in [-0.2, 0) is 14.3 Å². The van der Waals surface area contributed by atoms with Gasteiger partial charge in [0.1, 0.15) is 5.54 Å². The number of benzene rings is 1. The summed E-state index contributed by atoms with van der Waals surface area (Å²) in [7, 11) is 1.51. The van der Waals surface area contributed by atoms with Gasteiger partial charge in [-0.25, -0.2) is 0 Å². The zero-order chi connectivity index (χ0) is 17.0. The summed E-state index contributed by atoms with van der Waals surface area (Å²) in [5.74, 6) is -0.703. The van der Waals surface area contributed by atoms with Crippen LogP contribution in [0.25, 0.3) is 5.57 Å². The van der Waals surface area contributed by atoms with Crippen LogP contribution in [0, 0.1) is 6.92 Å². The molecule has 124 valence electrons. The van der Waals surface area contributed by atoms with Gasteiger partial charge in [0, 0.05) is 19.7 Å². The first-order valence-corrected chi connectivity index (χ1v) is 7.77. The summed E-state index contributed by atoms with van der Waals surface area (Å²) in [6, 6.07) is 7.89. The van der Waals surface area contributed by atoms with Gasteiger partial charge in [0.25, 0.3) is 0 Å². The molecule has 23 heavy (non-hydrogen) atoms. The Kier molecular flexibility index (Phi) is 5.21. The van der Waals surface area contributed by atoms with Crippen molar-refractivity contribution in [3.05, 3.63) is 41.5 Å². The molecule has 0 aliphatic carbocycles. The number of nitrogens with zero attached hydrogens (tertiary/aromatic N) is 1. The van der Waals surface area contributed by atoms with Crippen LogP contribution < -0.4 is 5.73 Å². The zero-order valence-corrected chi connectivity index (χ0v) is 14.0. The summed E-state index contributed by atoms with van der Waals surface area (Å²) in [5, 5.41) is 0. The van der Waals surface area contributed by atoms with Crippen LogP contribution in [0.3, 0.4) is 0 Å². The van der Waals surface area contributed by atoms with Crippen LogP contribution in [0.15, 0.2) is 30.3 Å². The molecule has 2 amide bonds. The summed E-state index contributed by atoms with van der Waals surface area (Å²) in [6.45, 7) is 4.55. The lowest BCUT2D eigenvalue weighted by Gasteiger charge is -2.34. The van der Waals surface area contributed by atoms with Crippen molar-refractivity contribution >= 4 is 17.4 Å². The molecule has 5 nitrogen and oxygen atoms in total. The molecular formula is C18H24N2O3. The lowest BCUT2D eigenvalue weighted by Crippen LogP contribution is -2.58. The van der Waals surface area contributed by atoms with E-state index < -0.39 is 11.4 Å². The summed E-state index contributed by atoms with van der Waals surface area (Å²) in [6.07, 6.45) is 2.87. The molecule has 0 aromatic heterocycles. The highest BCUT2D eigenvalue weighted by Crippen LogP contribution is 2.30. The topological polar surface area (TPSA) is 72.6 Å². The largest absolute Gasteiger partial charge is 0.382 e. The first-order chi connectivity index (χ1) is 10.9. The van der Waals surface area contributed by atoms with Gasteiger partial charge in [-0.05, 0) is 43.4 Å². The average molecular weight is 316 g/mol. The predicted molar refractivity (Wildman–Crippen MR) is 89.6 cm³/mol.